The summed E-state index contributed by atoms with van der Waals surface area (Å²) >= 11 is 0. The van der Waals surface area contributed by atoms with E-state index in [4.69, 9.17) is 52.6 Å². The Kier molecular flexibility index (Phi) is 11.7. The molecule has 1 aromatic heterocycles. The van der Waals surface area contributed by atoms with Gasteiger partial charge in [-0.2, -0.15) is 0 Å². The zero-order chi connectivity index (χ0) is 35.5. The number of hydrogen-bond donors (Lipinski definition) is 0. The van der Waals surface area contributed by atoms with Crippen molar-refractivity contribution in [1.82, 2.24) is 9.97 Å². The van der Waals surface area contributed by atoms with E-state index in [0.717, 1.165) is 32.6 Å². The first-order valence-electron chi connectivity index (χ1n) is 17.3. The van der Waals surface area contributed by atoms with E-state index in [1.165, 1.54) is 7.11 Å². The van der Waals surface area contributed by atoms with Gasteiger partial charge < -0.3 is 42.6 Å². The molecule has 2 bridgehead atoms. The molecule has 12 heteroatoms. The summed E-state index contributed by atoms with van der Waals surface area (Å²) in [6, 6.07) is 25.2. The van der Waals surface area contributed by atoms with Crippen LogP contribution in [0.1, 0.15) is 10.4 Å². The van der Waals surface area contributed by atoms with Crippen molar-refractivity contribution >= 4 is 49.6 Å². The van der Waals surface area contributed by atoms with Gasteiger partial charge in [0.15, 0.2) is 11.5 Å². The van der Waals surface area contributed by atoms with Crippen LogP contribution in [-0.4, -0.2) is 102 Å². The highest BCUT2D eigenvalue weighted by molar-refractivity contribution is 6.23. The van der Waals surface area contributed by atoms with Crippen LogP contribution in [-0.2, 0) is 23.7 Å². The molecule has 5 aromatic carbocycles. The van der Waals surface area contributed by atoms with Crippen LogP contribution in [0.4, 0.5) is 0 Å². The van der Waals surface area contributed by atoms with Gasteiger partial charge in [-0.1, -0.05) is 48.5 Å². The van der Waals surface area contributed by atoms with Crippen molar-refractivity contribution in [2.45, 2.75) is 0 Å². The number of benzene rings is 5. The minimum absolute atomic E-state index is 0.269. The zero-order valence-corrected chi connectivity index (χ0v) is 29.0. The second-order valence-electron chi connectivity index (χ2n) is 11.8. The van der Waals surface area contributed by atoms with Gasteiger partial charge in [0.25, 0.3) is 0 Å². The SMILES string of the molecule is COC(=O)c1cc2cc(c1)OCCOCCOCCOc1cc3nc4c5ccccc5c5ccccc5c4nc3cc1OCCOCCOCCO2. The third kappa shape index (κ3) is 8.43. The van der Waals surface area contributed by atoms with Crippen LogP contribution < -0.4 is 18.9 Å². The predicted molar refractivity (Wildman–Crippen MR) is 195 cm³/mol. The van der Waals surface area contributed by atoms with Crippen LogP contribution >= 0.6 is 0 Å². The lowest BCUT2D eigenvalue weighted by atomic mass is 9.99. The number of fused-ring (bicyclic) bond motifs is 10. The van der Waals surface area contributed by atoms with Crippen molar-refractivity contribution < 1.29 is 47.4 Å². The maximum Gasteiger partial charge on any atom is 0.338 e. The van der Waals surface area contributed by atoms with Crippen LogP contribution in [0.5, 0.6) is 23.0 Å². The highest BCUT2D eigenvalue weighted by Gasteiger charge is 2.16. The molecule has 0 amide bonds. The molecule has 12 nitrogen and oxygen atoms in total. The van der Waals surface area contributed by atoms with E-state index in [0.29, 0.717) is 92.4 Å². The monoisotopic (exact) mass is 708 g/mol. The Morgan fingerprint density at radius 1 is 0.500 bits per heavy atom. The number of carbonyl (C=O) groups is 1. The van der Waals surface area contributed by atoms with Gasteiger partial charge in [-0.3, -0.25) is 0 Å². The minimum Gasteiger partial charge on any atom is -0.491 e. The van der Waals surface area contributed by atoms with E-state index >= 15 is 0 Å². The molecule has 270 valence electrons. The van der Waals surface area contributed by atoms with Crippen molar-refractivity contribution in [3.05, 3.63) is 84.4 Å². The van der Waals surface area contributed by atoms with Crippen molar-refractivity contribution in [3.63, 3.8) is 0 Å². The summed E-state index contributed by atoms with van der Waals surface area (Å²) in [4.78, 5) is 22.4. The van der Waals surface area contributed by atoms with Gasteiger partial charge in [-0.15, -0.1) is 0 Å². The van der Waals surface area contributed by atoms with Crippen LogP contribution in [0.25, 0.3) is 43.6 Å². The third-order valence-corrected chi connectivity index (χ3v) is 8.39. The molecule has 52 heavy (non-hydrogen) atoms. The number of carbonyl (C=O) groups excluding carboxylic acids is 1. The van der Waals surface area contributed by atoms with Crippen LogP contribution in [0.3, 0.4) is 0 Å². The number of nitrogens with zero attached hydrogens (tertiary/aromatic N) is 2. The van der Waals surface area contributed by atoms with Crippen molar-refractivity contribution in [2.24, 2.45) is 0 Å². The second kappa shape index (κ2) is 17.3. The van der Waals surface area contributed by atoms with Gasteiger partial charge in [0, 0.05) is 29.0 Å². The smallest absolute Gasteiger partial charge is 0.338 e. The highest BCUT2D eigenvalue weighted by atomic mass is 16.6. The lowest BCUT2D eigenvalue weighted by Crippen LogP contribution is -2.14. The van der Waals surface area contributed by atoms with Crippen LogP contribution in [0.15, 0.2) is 78.9 Å². The molecule has 0 aliphatic carbocycles. The van der Waals surface area contributed by atoms with Crippen molar-refractivity contribution in [1.29, 1.82) is 0 Å². The first-order chi connectivity index (χ1) is 25.7. The molecule has 0 saturated carbocycles. The van der Waals surface area contributed by atoms with Crippen LogP contribution in [0.2, 0.25) is 0 Å². The Morgan fingerprint density at radius 3 is 1.31 bits per heavy atom. The van der Waals surface area contributed by atoms with Gasteiger partial charge in [-0.25, -0.2) is 14.8 Å². The first kappa shape index (κ1) is 35.1. The third-order valence-electron chi connectivity index (χ3n) is 8.39. The van der Waals surface area contributed by atoms with Gasteiger partial charge in [-0.05, 0) is 22.9 Å². The predicted octanol–water partition coefficient (Wildman–Crippen LogP) is 6.17. The summed E-state index contributed by atoms with van der Waals surface area (Å²) in [5.41, 5.74) is 3.37. The maximum absolute atomic E-state index is 12.2. The lowest BCUT2D eigenvalue weighted by molar-refractivity contribution is 0.0254. The Hall–Kier alpha value is -5.27. The fourth-order valence-electron chi connectivity index (χ4n) is 5.99. The zero-order valence-electron chi connectivity index (χ0n) is 29.0. The average molecular weight is 709 g/mol. The Labute approximate surface area is 300 Å². The minimum atomic E-state index is -0.491. The van der Waals surface area contributed by atoms with Crippen molar-refractivity contribution in [3.8, 4) is 23.0 Å². The van der Waals surface area contributed by atoms with E-state index < -0.39 is 5.97 Å². The van der Waals surface area contributed by atoms with E-state index in [-0.39, 0.29) is 26.4 Å². The molecule has 0 fully saturated rings. The summed E-state index contributed by atoms with van der Waals surface area (Å²) in [5, 5.41) is 4.34. The summed E-state index contributed by atoms with van der Waals surface area (Å²) in [6.45, 7) is 3.92. The lowest BCUT2D eigenvalue weighted by Gasteiger charge is -2.15. The number of ether oxygens (including phenoxy) is 9. The standard InChI is InChI=1S/C40H40N2O10/c1-44-40(43)27-22-28-24-29(23-27)50-19-15-46-11-13-48-17-21-52-37-26-35-34(25-36(37)51-20-16-47-12-10-45-14-18-49-28)41-38-32-8-4-2-6-30(32)31-7-3-5-9-33(31)39(38)42-35/h2-9,22-26H,10-21H2,1H3. The number of aromatic nitrogens is 2. The summed E-state index contributed by atoms with van der Waals surface area (Å²) in [5.74, 6) is 1.51. The average Bonchev–Trinajstić information content (AvgIpc) is 3.18. The fraction of sp³-hybridized carbons (Fsp3) is 0.325. The summed E-state index contributed by atoms with van der Waals surface area (Å²) in [6.07, 6.45) is 0. The maximum atomic E-state index is 12.2. The normalized spacial score (nSPS) is 16.0. The molecule has 6 aromatic rings. The van der Waals surface area contributed by atoms with Gasteiger partial charge in [0.1, 0.15) is 37.9 Å². The second-order valence-corrected chi connectivity index (χ2v) is 11.8. The quantitative estimate of drug-likeness (QED) is 0.110. The molecule has 1 aliphatic heterocycles. The molecule has 0 spiro atoms. The molecule has 0 atom stereocenters. The number of methoxy groups -OCH3 is 1. The molecular weight excluding hydrogens is 668 g/mol. The Bertz CT molecular complexity index is 2020. The highest BCUT2D eigenvalue weighted by Crippen LogP contribution is 2.37. The fourth-order valence-corrected chi connectivity index (χ4v) is 5.99. The largest absolute Gasteiger partial charge is 0.491 e. The molecule has 2 heterocycles. The molecule has 7 rings (SSSR count). The number of hydrogen-bond acceptors (Lipinski definition) is 12. The number of esters is 1. The first-order valence-corrected chi connectivity index (χ1v) is 17.3. The Balaban J connectivity index is 1.06. The molecule has 0 radical (unpaired) electrons. The topological polar surface area (TPSA) is 126 Å². The van der Waals surface area contributed by atoms with Crippen LogP contribution in [0, 0.1) is 0 Å². The van der Waals surface area contributed by atoms with E-state index in [1.807, 2.05) is 36.4 Å². The van der Waals surface area contributed by atoms with Gasteiger partial charge >= 0.3 is 5.97 Å². The van der Waals surface area contributed by atoms with E-state index in [9.17, 15) is 4.79 Å². The van der Waals surface area contributed by atoms with E-state index in [2.05, 4.69) is 24.3 Å². The molecular formula is C40H40N2O10. The van der Waals surface area contributed by atoms with Gasteiger partial charge in [0.2, 0.25) is 0 Å². The van der Waals surface area contributed by atoms with E-state index in [1.54, 1.807) is 18.2 Å². The van der Waals surface area contributed by atoms with Crippen molar-refractivity contribution in [2.75, 3.05) is 86.4 Å². The Morgan fingerprint density at radius 2 is 0.885 bits per heavy atom. The molecule has 1 aliphatic rings. The molecule has 0 N–H and O–H groups in total. The molecule has 0 unspecified atom stereocenters. The summed E-state index contributed by atoms with van der Waals surface area (Å²) < 4.78 is 51.8. The molecule has 0 saturated heterocycles. The van der Waals surface area contributed by atoms with Gasteiger partial charge in [0.05, 0.1) is 87.6 Å². The number of rotatable bonds is 1. The summed E-state index contributed by atoms with van der Waals surface area (Å²) in [7, 11) is 1.32.